The average Bonchev–Trinajstić information content (AvgIpc) is 2.70. The Morgan fingerprint density at radius 2 is 1.64 bits per heavy atom. The first-order valence-corrected chi connectivity index (χ1v) is 8.81. The molecule has 0 aromatic heterocycles. The molecule has 6 nitrogen and oxygen atoms in total. The number of aromatic hydroxyl groups is 1. The summed E-state index contributed by atoms with van der Waals surface area (Å²) in [5.41, 5.74) is 1.17. The van der Waals surface area contributed by atoms with E-state index in [-0.39, 0.29) is 23.0 Å². The average molecular weight is 382 g/mol. The van der Waals surface area contributed by atoms with Crippen LogP contribution in [0.15, 0.2) is 48.5 Å². The molecule has 3 aromatic rings. The van der Waals surface area contributed by atoms with Gasteiger partial charge in [0.1, 0.15) is 5.75 Å². The Bertz CT molecular complexity index is 981. The summed E-state index contributed by atoms with van der Waals surface area (Å²) >= 11 is 0. The lowest BCUT2D eigenvalue weighted by Gasteiger charge is -2.17. The van der Waals surface area contributed by atoms with Gasteiger partial charge in [-0.2, -0.15) is 0 Å². The fourth-order valence-electron chi connectivity index (χ4n) is 3.01. The van der Waals surface area contributed by atoms with Gasteiger partial charge in [0, 0.05) is 24.1 Å². The van der Waals surface area contributed by atoms with Gasteiger partial charge in [0.15, 0.2) is 11.5 Å². The molecule has 0 atom stereocenters. The standard InChI is InChI=1S/C22H22O6/c1-14(23)28-20-18-13-16(27-12-11-15-7-5-4-6-8-15)9-10-17(18)19(24)21(25-2)22(20)26-3/h4-10,13,24H,11-12H2,1-3H3. The number of hydrogen-bond acceptors (Lipinski definition) is 6. The highest BCUT2D eigenvalue weighted by atomic mass is 16.6. The highest BCUT2D eigenvalue weighted by molar-refractivity contribution is 6.00. The molecule has 0 bridgehead atoms. The van der Waals surface area contributed by atoms with Crippen LogP contribution in [0, 0.1) is 0 Å². The number of carbonyl (C=O) groups is 1. The predicted octanol–water partition coefficient (Wildman–Crippen LogP) is 4.11. The summed E-state index contributed by atoms with van der Waals surface area (Å²) in [6.45, 7) is 1.78. The molecule has 0 spiro atoms. The van der Waals surface area contributed by atoms with Crippen LogP contribution in [0.25, 0.3) is 10.8 Å². The van der Waals surface area contributed by atoms with Crippen molar-refractivity contribution in [1.82, 2.24) is 0 Å². The Kier molecular flexibility index (Phi) is 5.89. The summed E-state index contributed by atoms with van der Waals surface area (Å²) in [6, 6.07) is 15.2. The maximum atomic E-state index is 11.6. The van der Waals surface area contributed by atoms with Gasteiger partial charge in [-0.3, -0.25) is 4.79 Å². The van der Waals surface area contributed by atoms with Gasteiger partial charge >= 0.3 is 5.97 Å². The SMILES string of the molecule is COc1c(OC)c(OC(C)=O)c2cc(OCCc3ccccc3)ccc2c1O. The van der Waals surface area contributed by atoms with E-state index in [0.717, 1.165) is 6.42 Å². The number of phenols is 1. The normalized spacial score (nSPS) is 10.5. The van der Waals surface area contributed by atoms with E-state index in [1.807, 2.05) is 30.3 Å². The fraction of sp³-hybridized carbons (Fsp3) is 0.227. The molecule has 0 fully saturated rings. The van der Waals surface area contributed by atoms with E-state index in [1.54, 1.807) is 18.2 Å². The van der Waals surface area contributed by atoms with Crippen molar-refractivity contribution < 1.29 is 28.8 Å². The third-order valence-corrected chi connectivity index (χ3v) is 4.27. The number of benzene rings is 3. The Morgan fingerprint density at radius 1 is 0.929 bits per heavy atom. The number of phenolic OH excluding ortho intramolecular Hbond substituents is 1. The second-order valence-corrected chi connectivity index (χ2v) is 6.13. The molecule has 0 amide bonds. The van der Waals surface area contributed by atoms with E-state index in [9.17, 15) is 9.90 Å². The minimum atomic E-state index is -0.511. The summed E-state index contributed by atoms with van der Waals surface area (Å²) in [6.07, 6.45) is 0.757. The minimum absolute atomic E-state index is 0.0962. The molecular weight excluding hydrogens is 360 g/mol. The quantitative estimate of drug-likeness (QED) is 0.490. The fourth-order valence-corrected chi connectivity index (χ4v) is 3.01. The molecule has 28 heavy (non-hydrogen) atoms. The van der Waals surface area contributed by atoms with Crippen molar-refractivity contribution >= 4 is 16.7 Å². The molecule has 6 heteroatoms. The summed E-state index contributed by atoms with van der Waals surface area (Å²) in [5.74, 6) is 0.397. The molecule has 1 N–H and O–H groups in total. The van der Waals surface area contributed by atoms with Crippen LogP contribution in [0.4, 0.5) is 0 Å². The van der Waals surface area contributed by atoms with E-state index < -0.39 is 5.97 Å². The largest absolute Gasteiger partial charge is 0.504 e. The van der Waals surface area contributed by atoms with E-state index in [2.05, 4.69) is 0 Å². The highest BCUT2D eigenvalue weighted by Crippen LogP contribution is 2.51. The Morgan fingerprint density at radius 3 is 2.29 bits per heavy atom. The van der Waals surface area contributed by atoms with Crippen LogP contribution < -0.4 is 18.9 Å². The second-order valence-electron chi connectivity index (χ2n) is 6.13. The number of ether oxygens (including phenoxy) is 4. The number of hydrogen-bond donors (Lipinski definition) is 1. The van der Waals surface area contributed by atoms with Gasteiger partial charge in [0.25, 0.3) is 0 Å². The molecule has 0 saturated carbocycles. The lowest BCUT2D eigenvalue weighted by atomic mass is 10.1. The molecule has 0 saturated heterocycles. The van der Waals surface area contributed by atoms with Crippen molar-refractivity contribution in [3.63, 3.8) is 0 Å². The first kappa shape index (κ1) is 19.4. The van der Waals surface area contributed by atoms with Crippen molar-refractivity contribution in [2.75, 3.05) is 20.8 Å². The molecule has 0 aliphatic carbocycles. The Balaban J connectivity index is 1.97. The monoisotopic (exact) mass is 382 g/mol. The van der Waals surface area contributed by atoms with Crippen molar-refractivity contribution in [3.05, 3.63) is 54.1 Å². The zero-order valence-electron chi connectivity index (χ0n) is 16.0. The first-order valence-electron chi connectivity index (χ1n) is 8.81. The number of fused-ring (bicyclic) bond motifs is 1. The lowest BCUT2D eigenvalue weighted by Crippen LogP contribution is -2.05. The molecule has 0 radical (unpaired) electrons. The smallest absolute Gasteiger partial charge is 0.308 e. The zero-order valence-corrected chi connectivity index (χ0v) is 16.0. The van der Waals surface area contributed by atoms with E-state index >= 15 is 0 Å². The third-order valence-electron chi connectivity index (χ3n) is 4.27. The summed E-state index contributed by atoms with van der Waals surface area (Å²) in [5, 5.41) is 11.5. The van der Waals surface area contributed by atoms with Crippen LogP contribution in [-0.2, 0) is 11.2 Å². The van der Waals surface area contributed by atoms with Crippen molar-refractivity contribution in [2.24, 2.45) is 0 Å². The maximum absolute atomic E-state index is 11.6. The molecule has 3 aromatic carbocycles. The minimum Gasteiger partial charge on any atom is -0.504 e. The number of carbonyl (C=O) groups excluding carboxylic acids is 1. The maximum Gasteiger partial charge on any atom is 0.308 e. The van der Waals surface area contributed by atoms with Crippen LogP contribution in [0.1, 0.15) is 12.5 Å². The van der Waals surface area contributed by atoms with Gasteiger partial charge in [0.2, 0.25) is 11.5 Å². The Hall–Kier alpha value is -3.41. The molecule has 0 unspecified atom stereocenters. The molecule has 3 rings (SSSR count). The number of esters is 1. The number of rotatable bonds is 7. The van der Waals surface area contributed by atoms with Crippen molar-refractivity contribution in [1.29, 1.82) is 0 Å². The third kappa shape index (κ3) is 3.96. The van der Waals surface area contributed by atoms with Crippen molar-refractivity contribution in [3.8, 4) is 28.7 Å². The van der Waals surface area contributed by atoms with Crippen LogP contribution in [-0.4, -0.2) is 31.9 Å². The number of methoxy groups -OCH3 is 2. The zero-order chi connectivity index (χ0) is 20.1. The van der Waals surface area contributed by atoms with Gasteiger partial charge < -0.3 is 24.1 Å². The molecule has 0 aliphatic rings. The molecular formula is C22H22O6. The van der Waals surface area contributed by atoms with Crippen LogP contribution >= 0.6 is 0 Å². The first-order chi connectivity index (χ1) is 13.5. The molecule has 0 heterocycles. The lowest BCUT2D eigenvalue weighted by molar-refractivity contribution is -0.131. The van der Waals surface area contributed by atoms with Gasteiger partial charge in [-0.1, -0.05) is 30.3 Å². The van der Waals surface area contributed by atoms with Gasteiger partial charge in [-0.25, -0.2) is 0 Å². The summed E-state index contributed by atoms with van der Waals surface area (Å²) in [7, 11) is 2.82. The van der Waals surface area contributed by atoms with Gasteiger partial charge in [-0.05, 0) is 23.8 Å². The summed E-state index contributed by atoms with van der Waals surface area (Å²) < 4.78 is 21.8. The Labute approximate surface area is 163 Å². The van der Waals surface area contributed by atoms with Gasteiger partial charge in [0.05, 0.1) is 20.8 Å². The van der Waals surface area contributed by atoms with E-state index in [4.69, 9.17) is 18.9 Å². The van der Waals surface area contributed by atoms with Crippen LogP contribution in [0.5, 0.6) is 28.7 Å². The van der Waals surface area contributed by atoms with E-state index in [1.165, 1.54) is 26.7 Å². The summed E-state index contributed by atoms with van der Waals surface area (Å²) in [4.78, 5) is 11.6. The topological polar surface area (TPSA) is 74.2 Å². The predicted molar refractivity (Wildman–Crippen MR) is 106 cm³/mol. The van der Waals surface area contributed by atoms with Crippen LogP contribution in [0.3, 0.4) is 0 Å². The molecule has 146 valence electrons. The van der Waals surface area contributed by atoms with Crippen molar-refractivity contribution in [2.45, 2.75) is 13.3 Å². The second kappa shape index (κ2) is 8.52. The highest BCUT2D eigenvalue weighted by Gasteiger charge is 2.23. The molecule has 0 aliphatic heterocycles. The van der Waals surface area contributed by atoms with Gasteiger partial charge in [-0.15, -0.1) is 0 Å². The van der Waals surface area contributed by atoms with E-state index in [0.29, 0.717) is 23.1 Å². The van der Waals surface area contributed by atoms with Crippen LogP contribution in [0.2, 0.25) is 0 Å².